The maximum absolute atomic E-state index is 11.5. The molecule has 0 aliphatic rings. The molecule has 0 radical (unpaired) electrons. The van der Waals surface area contributed by atoms with Crippen LogP contribution in [0.2, 0.25) is 0 Å². The van der Waals surface area contributed by atoms with Crippen LogP contribution in [0.4, 0.5) is 0 Å². The Morgan fingerprint density at radius 1 is 1.33 bits per heavy atom. The van der Waals surface area contributed by atoms with E-state index in [2.05, 4.69) is 9.97 Å². The second-order valence-corrected chi connectivity index (χ2v) is 4.19. The average molecular weight is 290 g/mol. The van der Waals surface area contributed by atoms with Crippen LogP contribution in [0.1, 0.15) is 11.5 Å². The molecule has 0 unspecified atom stereocenters. The number of benzene rings is 1. The number of para-hydroxylation sites is 2. The normalized spacial score (nSPS) is 10.1. The van der Waals surface area contributed by atoms with E-state index in [4.69, 9.17) is 14.6 Å². The highest BCUT2D eigenvalue weighted by Gasteiger charge is 2.08. The van der Waals surface area contributed by atoms with E-state index in [0.717, 1.165) is 6.07 Å². The van der Waals surface area contributed by atoms with Crippen LogP contribution in [-0.2, 0) is 17.8 Å². The first-order valence-electron chi connectivity index (χ1n) is 6.15. The van der Waals surface area contributed by atoms with Crippen molar-refractivity contribution < 1.29 is 19.4 Å². The first-order chi connectivity index (χ1) is 10.1. The fourth-order valence-corrected chi connectivity index (χ4v) is 1.76. The summed E-state index contributed by atoms with van der Waals surface area (Å²) < 4.78 is 10.7. The zero-order valence-electron chi connectivity index (χ0n) is 11.3. The van der Waals surface area contributed by atoms with Crippen LogP contribution >= 0.6 is 0 Å². The molecule has 1 aromatic carbocycles. The molecule has 0 atom stereocenters. The Morgan fingerprint density at radius 3 is 2.71 bits per heavy atom. The number of methoxy groups -OCH3 is 1. The standard InChI is InChI=1S/C14H14N2O5/c1-20-10-4-2-3-5-11(10)21-8-12-15-9(7-14(18)19)6-13(17)16-12/h2-6H,7-8H2,1H3,(H,18,19)(H,15,16,17). The van der Waals surface area contributed by atoms with Crippen molar-refractivity contribution in [2.24, 2.45) is 0 Å². The van der Waals surface area contributed by atoms with Crippen LogP contribution in [0.15, 0.2) is 35.1 Å². The molecular formula is C14H14N2O5. The summed E-state index contributed by atoms with van der Waals surface area (Å²) >= 11 is 0. The van der Waals surface area contributed by atoms with E-state index in [1.165, 1.54) is 7.11 Å². The Kier molecular flexibility index (Phi) is 4.55. The van der Waals surface area contributed by atoms with Gasteiger partial charge in [0.1, 0.15) is 12.4 Å². The summed E-state index contributed by atoms with van der Waals surface area (Å²) in [7, 11) is 1.52. The van der Waals surface area contributed by atoms with Gasteiger partial charge < -0.3 is 19.6 Å². The molecule has 1 aromatic heterocycles. The molecule has 0 aliphatic heterocycles. The molecule has 0 bridgehead atoms. The second kappa shape index (κ2) is 6.56. The third-order valence-corrected chi connectivity index (χ3v) is 2.61. The van der Waals surface area contributed by atoms with Crippen molar-refractivity contribution in [3.8, 4) is 11.5 Å². The van der Waals surface area contributed by atoms with Crippen LogP contribution in [-0.4, -0.2) is 28.2 Å². The smallest absolute Gasteiger partial charge is 0.309 e. The Bertz CT molecular complexity index is 696. The van der Waals surface area contributed by atoms with Crippen molar-refractivity contribution in [2.45, 2.75) is 13.0 Å². The highest BCUT2D eigenvalue weighted by atomic mass is 16.5. The van der Waals surface area contributed by atoms with Gasteiger partial charge in [0, 0.05) is 6.07 Å². The Labute approximate surface area is 120 Å². The monoisotopic (exact) mass is 290 g/mol. The lowest BCUT2D eigenvalue weighted by atomic mass is 10.3. The summed E-state index contributed by atoms with van der Waals surface area (Å²) in [4.78, 5) is 28.7. The van der Waals surface area contributed by atoms with Gasteiger partial charge in [0.15, 0.2) is 11.5 Å². The molecule has 0 amide bonds. The third kappa shape index (κ3) is 4.07. The predicted molar refractivity (Wildman–Crippen MR) is 73.5 cm³/mol. The maximum Gasteiger partial charge on any atom is 0.309 e. The first-order valence-corrected chi connectivity index (χ1v) is 6.15. The summed E-state index contributed by atoms with van der Waals surface area (Å²) in [6.07, 6.45) is -0.314. The SMILES string of the molecule is COc1ccccc1OCc1nc(CC(=O)O)cc(=O)[nH]1. The molecule has 7 nitrogen and oxygen atoms in total. The fraction of sp³-hybridized carbons (Fsp3) is 0.214. The summed E-state index contributed by atoms with van der Waals surface area (Å²) in [5.41, 5.74) is -0.232. The van der Waals surface area contributed by atoms with Gasteiger partial charge in [-0.05, 0) is 12.1 Å². The number of carboxylic acid groups (broad SMARTS) is 1. The number of rotatable bonds is 6. The minimum Gasteiger partial charge on any atom is -0.493 e. The van der Waals surface area contributed by atoms with Gasteiger partial charge >= 0.3 is 5.97 Å². The molecule has 0 fully saturated rings. The molecule has 2 rings (SSSR count). The molecule has 0 saturated heterocycles. The van der Waals surface area contributed by atoms with Gasteiger partial charge in [-0.2, -0.15) is 0 Å². The summed E-state index contributed by atoms with van der Waals surface area (Å²) in [6.45, 7) is 0.00305. The van der Waals surface area contributed by atoms with E-state index in [1.807, 2.05) is 0 Å². The van der Waals surface area contributed by atoms with E-state index < -0.39 is 11.5 Å². The van der Waals surface area contributed by atoms with Gasteiger partial charge in [0.2, 0.25) is 0 Å². The van der Waals surface area contributed by atoms with Gasteiger partial charge in [0.05, 0.1) is 19.2 Å². The number of nitrogens with one attached hydrogen (secondary N) is 1. The van der Waals surface area contributed by atoms with Gasteiger partial charge in [0.25, 0.3) is 5.56 Å². The van der Waals surface area contributed by atoms with Crippen LogP contribution in [0.5, 0.6) is 11.5 Å². The lowest BCUT2D eigenvalue weighted by Gasteiger charge is -2.10. The zero-order valence-corrected chi connectivity index (χ0v) is 11.3. The number of ether oxygens (including phenoxy) is 2. The van der Waals surface area contributed by atoms with E-state index in [-0.39, 0.29) is 24.5 Å². The molecule has 2 N–H and O–H groups in total. The topological polar surface area (TPSA) is 102 Å². The van der Waals surface area contributed by atoms with Gasteiger partial charge in [-0.25, -0.2) is 4.98 Å². The van der Waals surface area contributed by atoms with Crippen LogP contribution < -0.4 is 15.0 Å². The third-order valence-electron chi connectivity index (χ3n) is 2.61. The number of H-pyrrole nitrogens is 1. The lowest BCUT2D eigenvalue weighted by Crippen LogP contribution is -2.16. The number of hydrogen-bond donors (Lipinski definition) is 2. The number of nitrogens with zero attached hydrogens (tertiary/aromatic N) is 1. The van der Waals surface area contributed by atoms with Crippen LogP contribution in [0.25, 0.3) is 0 Å². The highest BCUT2D eigenvalue weighted by molar-refractivity contribution is 5.69. The van der Waals surface area contributed by atoms with Crippen molar-refractivity contribution in [1.29, 1.82) is 0 Å². The molecule has 0 aliphatic carbocycles. The first kappa shape index (κ1) is 14.6. The lowest BCUT2D eigenvalue weighted by molar-refractivity contribution is -0.136. The number of aliphatic carboxylic acids is 1. The Morgan fingerprint density at radius 2 is 2.05 bits per heavy atom. The maximum atomic E-state index is 11.5. The van der Waals surface area contributed by atoms with E-state index in [9.17, 15) is 9.59 Å². The number of hydrogen-bond acceptors (Lipinski definition) is 5. The number of carboxylic acids is 1. The number of aromatic amines is 1. The largest absolute Gasteiger partial charge is 0.493 e. The Balaban J connectivity index is 2.14. The summed E-state index contributed by atoms with van der Waals surface area (Å²) in [5.74, 6) is 0.266. The van der Waals surface area contributed by atoms with Crippen molar-refractivity contribution in [3.05, 3.63) is 52.2 Å². The number of aromatic nitrogens is 2. The molecule has 0 spiro atoms. The summed E-state index contributed by atoms with van der Waals surface area (Å²) in [6, 6.07) is 8.21. The molecule has 110 valence electrons. The minimum absolute atomic E-state index is 0.00305. The van der Waals surface area contributed by atoms with E-state index in [0.29, 0.717) is 11.5 Å². The van der Waals surface area contributed by atoms with Crippen LogP contribution in [0.3, 0.4) is 0 Å². The van der Waals surface area contributed by atoms with Gasteiger partial charge in [-0.1, -0.05) is 12.1 Å². The second-order valence-electron chi connectivity index (χ2n) is 4.19. The van der Waals surface area contributed by atoms with Crippen molar-refractivity contribution in [2.75, 3.05) is 7.11 Å². The number of carbonyl (C=O) groups is 1. The summed E-state index contributed by atoms with van der Waals surface area (Å²) in [5, 5.41) is 8.72. The van der Waals surface area contributed by atoms with Gasteiger partial charge in [-0.15, -0.1) is 0 Å². The van der Waals surface area contributed by atoms with Crippen LogP contribution in [0, 0.1) is 0 Å². The quantitative estimate of drug-likeness (QED) is 0.822. The Hall–Kier alpha value is -2.83. The van der Waals surface area contributed by atoms with Crippen molar-refractivity contribution in [1.82, 2.24) is 9.97 Å². The molecule has 1 heterocycles. The van der Waals surface area contributed by atoms with Gasteiger partial charge in [-0.3, -0.25) is 9.59 Å². The van der Waals surface area contributed by atoms with Crippen molar-refractivity contribution in [3.63, 3.8) is 0 Å². The minimum atomic E-state index is -1.05. The highest BCUT2D eigenvalue weighted by Crippen LogP contribution is 2.26. The van der Waals surface area contributed by atoms with Crippen molar-refractivity contribution >= 4 is 5.97 Å². The van der Waals surface area contributed by atoms with E-state index >= 15 is 0 Å². The molecule has 7 heteroatoms. The molecule has 0 saturated carbocycles. The molecule has 2 aromatic rings. The zero-order chi connectivity index (χ0) is 15.2. The average Bonchev–Trinajstić information content (AvgIpc) is 2.44. The fourth-order valence-electron chi connectivity index (χ4n) is 1.76. The molecule has 21 heavy (non-hydrogen) atoms. The molecular weight excluding hydrogens is 276 g/mol. The van der Waals surface area contributed by atoms with E-state index in [1.54, 1.807) is 24.3 Å². The predicted octanol–water partition coefficient (Wildman–Crippen LogP) is 0.985.